The molecule has 1 heterocycles. The second-order valence-electron chi connectivity index (χ2n) is 3.94. The molecule has 0 aromatic heterocycles. The highest BCUT2D eigenvalue weighted by Gasteiger charge is 2.38. The van der Waals surface area contributed by atoms with Crippen LogP contribution in [0.25, 0.3) is 0 Å². The zero-order valence-electron chi connectivity index (χ0n) is 9.70. The summed E-state index contributed by atoms with van der Waals surface area (Å²) in [5, 5.41) is 30.4. The normalized spacial score (nSPS) is 33.2. The van der Waals surface area contributed by atoms with Crippen molar-refractivity contribution in [3.63, 3.8) is 0 Å². The van der Waals surface area contributed by atoms with Crippen molar-refractivity contribution >= 4 is 6.09 Å². The SMILES string of the molecule is CCCCOC(=O)N[C@@H]1OC[C@H](O)[C@@H](O)[C@@H]1O. The van der Waals surface area contributed by atoms with Gasteiger partial charge in [0, 0.05) is 0 Å². The van der Waals surface area contributed by atoms with E-state index in [1.54, 1.807) is 0 Å². The summed E-state index contributed by atoms with van der Waals surface area (Å²) in [6.07, 6.45) is -4.00. The van der Waals surface area contributed by atoms with Crippen LogP contribution in [0, 0.1) is 0 Å². The minimum absolute atomic E-state index is 0.155. The predicted molar refractivity (Wildman–Crippen MR) is 57.2 cm³/mol. The third-order valence-electron chi connectivity index (χ3n) is 2.49. The molecule has 0 unspecified atom stereocenters. The molecule has 0 bridgehead atoms. The lowest BCUT2D eigenvalue weighted by molar-refractivity contribution is -0.192. The van der Waals surface area contributed by atoms with Crippen LogP contribution in [0.2, 0.25) is 0 Å². The topological polar surface area (TPSA) is 108 Å². The molecule has 1 amide bonds. The molecule has 7 nitrogen and oxygen atoms in total. The van der Waals surface area contributed by atoms with E-state index in [2.05, 4.69) is 5.32 Å². The van der Waals surface area contributed by atoms with Crippen molar-refractivity contribution in [1.82, 2.24) is 5.32 Å². The Morgan fingerprint density at radius 3 is 2.76 bits per heavy atom. The van der Waals surface area contributed by atoms with Crippen LogP contribution in [-0.2, 0) is 9.47 Å². The summed E-state index contributed by atoms with van der Waals surface area (Å²) < 4.78 is 9.79. The second-order valence-corrected chi connectivity index (χ2v) is 3.94. The molecule has 1 rings (SSSR count). The summed E-state index contributed by atoms with van der Waals surface area (Å²) >= 11 is 0. The number of hydrogen-bond acceptors (Lipinski definition) is 6. The predicted octanol–water partition coefficient (Wildman–Crippen LogP) is -1.05. The highest BCUT2D eigenvalue weighted by molar-refractivity contribution is 5.67. The highest BCUT2D eigenvalue weighted by Crippen LogP contribution is 2.13. The lowest BCUT2D eigenvalue weighted by Crippen LogP contribution is -2.59. The van der Waals surface area contributed by atoms with Crippen LogP contribution in [0.3, 0.4) is 0 Å². The van der Waals surface area contributed by atoms with E-state index in [9.17, 15) is 20.1 Å². The van der Waals surface area contributed by atoms with Gasteiger partial charge in [-0.15, -0.1) is 0 Å². The Labute approximate surface area is 99.3 Å². The number of nitrogens with one attached hydrogen (secondary N) is 1. The van der Waals surface area contributed by atoms with Gasteiger partial charge in [-0.05, 0) is 6.42 Å². The molecule has 4 atom stereocenters. The maximum absolute atomic E-state index is 11.3. The van der Waals surface area contributed by atoms with Gasteiger partial charge in [0.2, 0.25) is 0 Å². The molecule has 0 radical (unpaired) electrons. The van der Waals surface area contributed by atoms with E-state index in [0.29, 0.717) is 0 Å². The van der Waals surface area contributed by atoms with E-state index in [-0.39, 0.29) is 13.2 Å². The van der Waals surface area contributed by atoms with Crippen molar-refractivity contribution in [2.24, 2.45) is 0 Å². The Morgan fingerprint density at radius 1 is 1.41 bits per heavy atom. The quantitative estimate of drug-likeness (QED) is 0.474. The highest BCUT2D eigenvalue weighted by atomic mass is 16.6. The molecule has 1 fully saturated rings. The van der Waals surface area contributed by atoms with Crippen LogP contribution >= 0.6 is 0 Å². The zero-order valence-corrected chi connectivity index (χ0v) is 9.70. The summed E-state index contributed by atoms with van der Waals surface area (Å²) in [6.45, 7) is 2.10. The first-order valence-corrected chi connectivity index (χ1v) is 5.65. The molecule has 0 spiro atoms. The largest absolute Gasteiger partial charge is 0.450 e. The lowest BCUT2D eigenvalue weighted by Gasteiger charge is -2.35. The maximum atomic E-state index is 11.3. The van der Waals surface area contributed by atoms with E-state index in [1.165, 1.54) is 0 Å². The summed E-state index contributed by atoms with van der Waals surface area (Å²) in [7, 11) is 0. The standard InChI is InChI=1S/C10H19NO6/c1-2-3-4-16-10(15)11-9-8(14)7(13)6(12)5-17-9/h6-9,12-14H,2-5H2,1H3,(H,11,15)/t6-,7+,8-,9+/m0/s1. The first-order valence-electron chi connectivity index (χ1n) is 5.65. The van der Waals surface area contributed by atoms with Crippen molar-refractivity contribution < 1.29 is 29.6 Å². The van der Waals surface area contributed by atoms with Gasteiger partial charge in [-0.3, -0.25) is 5.32 Å². The Morgan fingerprint density at radius 2 is 2.12 bits per heavy atom. The number of carbonyl (C=O) groups excluding carboxylic acids is 1. The number of alkyl carbamates (subject to hydrolysis) is 1. The molecule has 0 aliphatic carbocycles. The van der Waals surface area contributed by atoms with Crippen LogP contribution < -0.4 is 5.32 Å². The minimum Gasteiger partial charge on any atom is -0.450 e. The van der Waals surface area contributed by atoms with Gasteiger partial charge in [0.05, 0.1) is 13.2 Å². The molecule has 1 aliphatic rings. The fourth-order valence-corrected chi connectivity index (χ4v) is 1.40. The monoisotopic (exact) mass is 249 g/mol. The van der Waals surface area contributed by atoms with Crippen LogP contribution in [0.1, 0.15) is 19.8 Å². The van der Waals surface area contributed by atoms with E-state index < -0.39 is 30.6 Å². The summed E-state index contributed by atoms with van der Waals surface area (Å²) in [5.41, 5.74) is 0. The molecule has 1 saturated heterocycles. The number of amides is 1. The number of unbranched alkanes of at least 4 members (excludes halogenated alkanes) is 1. The maximum Gasteiger partial charge on any atom is 0.409 e. The minimum atomic E-state index is -1.38. The number of aliphatic hydroxyl groups excluding tert-OH is 3. The molecule has 0 aromatic carbocycles. The number of aliphatic hydroxyl groups is 3. The third-order valence-corrected chi connectivity index (χ3v) is 2.49. The number of rotatable bonds is 4. The fourth-order valence-electron chi connectivity index (χ4n) is 1.40. The Hall–Kier alpha value is -0.890. The molecule has 17 heavy (non-hydrogen) atoms. The van der Waals surface area contributed by atoms with Gasteiger partial charge >= 0.3 is 6.09 Å². The second kappa shape index (κ2) is 6.75. The van der Waals surface area contributed by atoms with Gasteiger partial charge in [0.25, 0.3) is 0 Å². The van der Waals surface area contributed by atoms with Crippen LogP contribution in [-0.4, -0.2) is 59.2 Å². The molecule has 7 heteroatoms. The number of ether oxygens (including phenoxy) is 2. The van der Waals surface area contributed by atoms with Crippen LogP contribution in [0.15, 0.2) is 0 Å². The molecule has 0 aromatic rings. The Bertz CT molecular complexity index is 249. The molecule has 1 aliphatic heterocycles. The first-order chi connectivity index (χ1) is 8.06. The summed E-state index contributed by atoms with van der Waals surface area (Å²) in [4.78, 5) is 11.3. The molecular formula is C10H19NO6. The Balaban J connectivity index is 2.33. The number of carbonyl (C=O) groups is 1. The van der Waals surface area contributed by atoms with Crippen LogP contribution in [0.5, 0.6) is 0 Å². The third kappa shape index (κ3) is 4.12. The molecule has 4 N–H and O–H groups in total. The van der Waals surface area contributed by atoms with Crippen molar-refractivity contribution in [1.29, 1.82) is 0 Å². The van der Waals surface area contributed by atoms with Gasteiger partial charge in [0.15, 0.2) is 6.23 Å². The average Bonchev–Trinajstić information content (AvgIpc) is 2.30. The number of hydrogen-bond donors (Lipinski definition) is 4. The van der Waals surface area contributed by atoms with Crippen LogP contribution in [0.4, 0.5) is 4.79 Å². The van der Waals surface area contributed by atoms with E-state index in [0.717, 1.165) is 12.8 Å². The lowest BCUT2D eigenvalue weighted by atomic mass is 10.0. The van der Waals surface area contributed by atoms with E-state index >= 15 is 0 Å². The zero-order chi connectivity index (χ0) is 12.8. The first kappa shape index (κ1) is 14.2. The van der Waals surface area contributed by atoms with Gasteiger partial charge in [-0.2, -0.15) is 0 Å². The van der Waals surface area contributed by atoms with E-state index in [4.69, 9.17) is 9.47 Å². The molecule has 100 valence electrons. The van der Waals surface area contributed by atoms with Crippen molar-refractivity contribution in [3.05, 3.63) is 0 Å². The Kier molecular flexibility index (Phi) is 5.63. The van der Waals surface area contributed by atoms with Gasteiger partial charge in [-0.25, -0.2) is 4.79 Å². The average molecular weight is 249 g/mol. The molecular weight excluding hydrogens is 230 g/mol. The van der Waals surface area contributed by atoms with E-state index in [1.807, 2.05) is 6.92 Å². The smallest absolute Gasteiger partial charge is 0.409 e. The fraction of sp³-hybridized carbons (Fsp3) is 0.900. The van der Waals surface area contributed by atoms with Crippen molar-refractivity contribution in [2.75, 3.05) is 13.2 Å². The van der Waals surface area contributed by atoms with Gasteiger partial charge < -0.3 is 24.8 Å². The van der Waals surface area contributed by atoms with Crippen molar-refractivity contribution in [3.8, 4) is 0 Å². The van der Waals surface area contributed by atoms with Gasteiger partial charge in [0.1, 0.15) is 18.3 Å². The van der Waals surface area contributed by atoms with Gasteiger partial charge in [-0.1, -0.05) is 13.3 Å². The summed E-state index contributed by atoms with van der Waals surface area (Å²) in [5.74, 6) is 0. The molecule has 0 saturated carbocycles. The van der Waals surface area contributed by atoms with Crippen molar-refractivity contribution in [2.45, 2.75) is 44.3 Å². The summed E-state index contributed by atoms with van der Waals surface area (Å²) in [6, 6.07) is 0.